The molecule has 0 spiro atoms. The summed E-state index contributed by atoms with van der Waals surface area (Å²) in [5, 5.41) is 5.04. The van der Waals surface area contributed by atoms with Gasteiger partial charge in [0.2, 0.25) is 0 Å². The van der Waals surface area contributed by atoms with Crippen LogP contribution in [0.25, 0.3) is 0 Å². The predicted molar refractivity (Wildman–Crippen MR) is 68.3 cm³/mol. The molecule has 0 aromatic carbocycles. The topological polar surface area (TPSA) is 41.6 Å². The number of ether oxygens (including phenoxy) is 1. The number of carbonyl (C=O) groups is 1. The molecular formula is C12H18N2O2S. The maximum Gasteiger partial charge on any atom is 0.318 e. The average Bonchev–Trinajstić information content (AvgIpc) is 2.82. The molecule has 4 nitrogen and oxygen atoms in total. The smallest absolute Gasteiger partial charge is 0.318 e. The fourth-order valence-corrected chi connectivity index (χ4v) is 2.62. The molecule has 1 fully saturated rings. The molecule has 2 amide bonds. The Kier molecular flexibility index (Phi) is 4.02. The lowest BCUT2D eigenvalue weighted by molar-refractivity contribution is -0.00379. The van der Waals surface area contributed by atoms with Crippen molar-refractivity contribution in [2.75, 3.05) is 19.7 Å². The van der Waals surface area contributed by atoms with Crippen LogP contribution in [-0.4, -0.2) is 36.7 Å². The highest BCUT2D eigenvalue weighted by Gasteiger charge is 2.22. The van der Waals surface area contributed by atoms with Gasteiger partial charge in [-0.05, 0) is 25.3 Å². The van der Waals surface area contributed by atoms with E-state index in [1.807, 2.05) is 36.3 Å². The van der Waals surface area contributed by atoms with Crippen molar-refractivity contribution < 1.29 is 9.53 Å². The van der Waals surface area contributed by atoms with E-state index in [0.717, 1.165) is 0 Å². The third kappa shape index (κ3) is 3.20. The van der Waals surface area contributed by atoms with Crippen LogP contribution in [0, 0.1) is 0 Å². The van der Waals surface area contributed by atoms with Gasteiger partial charge in [-0.15, -0.1) is 11.3 Å². The van der Waals surface area contributed by atoms with Crippen LogP contribution in [0.4, 0.5) is 4.79 Å². The third-order valence-electron chi connectivity index (χ3n) is 2.84. The summed E-state index contributed by atoms with van der Waals surface area (Å²) in [6.07, 6.45) is 0.131. The monoisotopic (exact) mass is 254 g/mol. The number of morpholine rings is 1. The summed E-state index contributed by atoms with van der Waals surface area (Å²) < 4.78 is 5.42. The zero-order chi connectivity index (χ0) is 12.3. The number of urea groups is 1. The van der Waals surface area contributed by atoms with E-state index in [9.17, 15) is 4.79 Å². The summed E-state index contributed by atoms with van der Waals surface area (Å²) in [6.45, 7) is 5.97. The normalized spacial score (nSPS) is 22.2. The van der Waals surface area contributed by atoms with Crippen molar-refractivity contribution in [3.63, 3.8) is 0 Å². The summed E-state index contributed by atoms with van der Waals surface area (Å²) in [5.41, 5.74) is 0. The van der Waals surface area contributed by atoms with Crippen molar-refractivity contribution in [2.45, 2.75) is 26.0 Å². The van der Waals surface area contributed by atoms with Gasteiger partial charge in [-0.3, -0.25) is 0 Å². The minimum atomic E-state index is 0.000972. The maximum atomic E-state index is 12.0. The Bertz CT molecular complexity index is 367. The van der Waals surface area contributed by atoms with Crippen LogP contribution in [0.5, 0.6) is 0 Å². The molecule has 1 aliphatic rings. The molecule has 2 rings (SSSR count). The molecule has 17 heavy (non-hydrogen) atoms. The molecule has 1 saturated heterocycles. The first-order valence-electron chi connectivity index (χ1n) is 5.87. The second-order valence-corrected chi connectivity index (χ2v) is 5.29. The molecule has 5 heteroatoms. The van der Waals surface area contributed by atoms with Crippen molar-refractivity contribution in [1.29, 1.82) is 0 Å². The Balaban J connectivity index is 1.88. The van der Waals surface area contributed by atoms with E-state index in [2.05, 4.69) is 5.32 Å². The lowest BCUT2D eigenvalue weighted by atomic mass is 10.2. The molecule has 1 N–H and O–H groups in total. The molecule has 1 aromatic heterocycles. The van der Waals surface area contributed by atoms with Gasteiger partial charge in [0.25, 0.3) is 0 Å². The highest BCUT2D eigenvalue weighted by Crippen LogP contribution is 2.18. The lowest BCUT2D eigenvalue weighted by Crippen LogP contribution is -2.49. The molecule has 0 unspecified atom stereocenters. The number of hydrogen-bond acceptors (Lipinski definition) is 3. The number of hydrogen-bond donors (Lipinski definition) is 1. The number of nitrogens with one attached hydrogen (secondary N) is 1. The summed E-state index contributed by atoms with van der Waals surface area (Å²) in [7, 11) is 0. The standard InChI is InChI=1S/C12H18N2O2S/c1-9-8-14(5-6-16-9)12(15)13-10(2)11-4-3-7-17-11/h3-4,7,9-10H,5-6,8H2,1-2H3,(H,13,15)/t9-,10+/m0/s1. The zero-order valence-corrected chi connectivity index (χ0v) is 11.0. The van der Waals surface area contributed by atoms with Gasteiger partial charge in [0.1, 0.15) is 0 Å². The predicted octanol–water partition coefficient (Wildman–Crippen LogP) is 2.24. The van der Waals surface area contributed by atoms with E-state index in [1.54, 1.807) is 11.3 Å². The second kappa shape index (κ2) is 5.51. The van der Waals surface area contributed by atoms with Gasteiger partial charge >= 0.3 is 6.03 Å². The summed E-state index contributed by atoms with van der Waals surface area (Å²) in [6, 6.07) is 4.11. The molecule has 2 heterocycles. The third-order valence-corrected chi connectivity index (χ3v) is 3.89. The van der Waals surface area contributed by atoms with Crippen LogP contribution in [0.15, 0.2) is 17.5 Å². The van der Waals surface area contributed by atoms with Crippen LogP contribution in [0.1, 0.15) is 24.8 Å². The quantitative estimate of drug-likeness (QED) is 0.879. The number of amides is 2. The van der Waals surface area contributed by atoms with Crippen molar-refractivity contribution in [3.05, 3.63) is 22.4 Å². The van der Waals surface area contributed by atoms with Crippen molar-refractivity contribution in [2.24, 2.45) is 0 Å². The maximum absolute atomic E-state index is 12.0. The molecule has 0 bridgehead atoms. The van der Waals surface area contributed by atoms with E-state index in [1.165, 1.54) is 4.88 Å². The fraction of sp³-hybridized carbons (Fsp3) is 0.583. The first kappa shape index (κ1) is 12.4. The van der Waals surface area contributed by atoms with Crippen molar-refractivity contribution in [3.8, 4) is 0 Å². The Labute approximate surface area is 106 Å². The van der Waals surface area contributed by atoms with Gasteiger partial charge in [0, 0.05) is 18.0 Å². The van der Waals surface area contributed by atoms with Gasteiger partial charge in [-0.2, -0.15) is 0 Å². The van der Waals surface area contributed by atoms with Crippen LogP contribution in [0.3, 0.4) is 0 Å². The van der Waals surface area contributed by atoms with Crippen molar-refractivity contribution >= 4 is 17.4 Å². The lowest BCUT2D eigenvalue weighted by Gasteiger charge is -2.32. The zero-order valence-electron chi connectivity index (χ0n) is 10.2. The van der Waals surface area contributed by atoms with E-state index in [0.29, 0.717) is 19.7 Å². The Morgan fingerprint density at radius 1 is 1.71 bits per heavy atom. The van der Waals surface area contributed by atoms with Crippen molar-refractivity contribution in [1.82, 2.24) is 10.2 Å². The summed E-state index contributed by atoms with van der Waals surface area (Å²) in [4.78, 5) is 15.0. The first-order chi connectivity index (χ1) is 8.16. The molecular weight excluding hydrogens is 236 g/mol. The van der Waals surface area contributed by atoms with Gasteiger partial charge in [-0.1, -0.05) is 6.07 Å². The second-order valence-electron chi connectivity index (χ2n) is 4.31. The minimum absolute atomic E-state index is 0.000972. The van der Waals surface area contributed by atoms with E-state index >= 15 is 0 Å². The SMILES string of the molecule is C[C@H]1CN(C(=O)N[C@H](C)c2cccs2)CCO1. The van der Waals surface area contributed by atoms with Crippen LogP contribution in [0.2, 0.25) is 0 Å². The van der Waals surface area contributed by atoms with Crippen LogP contribution < -0.4 is 5.32 Å². The molecule has 0 aliphatic carbocycles. The Morgan fingerprint density at radius 2 is 2.53 bits per heavy atom. The Morgan fingerprint density at radius 3 is 3.18 bits per heavy atom. The summed E-state index contributed by atoms with van der Waals surface area (Å²) >= 11 is 1.66. The van der Waals surface area contributed by atoms with Crippen LogP contribution >= 0.6 is 11.3 Å². The van der Waals surface area contributed by atoms with E-state index < -0.39 is 0 Å². The largest absolute Gasteiger partial charge is 0.375 e. The number of thiophene rings is 1. The Hall–Kier alpha value is -1.07. The number of rotatable bonds is 2. The average molecular weight is 254 g/mol. The minimum Gasteiger partial charge on any atom is -0.375 e. The molecule has 0 saturated carbocycles. The first-order valence-corrected chi connectivity index (χ1v) is 6.75. The highest BCUT2D eigenvalue weighted by atomic mass is 32.1. The van der Waals surface area contributed by atoms with Gasteiger partial charge in [-0.25, -0.2) is 4.79 Å². The molecule has 2 atom stereocenters. The fourth-order valence-electron chi connectivity index (χ4n) is 1.89. The van der Waals surface area contributed by atoms with Crippen LogP contribution in [-0.2, 0) is 4.74 Å². The van der Waals surface area contributed by atoms with Gasteiger partial charge in [0.05, 0.1) is 18.8 Å². The van der Waals surface area contributed by atoms with Gasteiger partial charge < -0.3 is 15.0 Å². The number of carbonyl (C=O) groups excluding carboxylic acids is 1. The van der Waals surface area contributed by atoms with Gasteiger partial charge in [0.15, 0.2) is 0 Å². The highest BCUT2D eigenvalue weighted by molar-refractivity contribution is 7.10. The van der Waals surface area contributed by atoms with E-state index in [-0.39, 0.29) is 18.2 Å². The molecule has 1 aromatic rings. The molecule has 94 valence electrons. The molecule has 1 aliphatic heterocycles. The van der Waals surface area contributed by atoms with E-state index in [4.69, 9.17) is 4.74 Å². The molecule has 0 radical (unpaired) electrons. The number of nitrogens with zero attached hydrogens (tertiary/aromatic N) is 1. The summed E-state index contributed by atoms with van der Waals surface area (Å²) in [5.74, 6) is 0.